The Morgan fingerprint density at radius 3 is 2.88 bits per heavy atom. The molecule has 2 aromatic carbocycles. The topological polar surface area (TPSA) is 51.2 Å². The number of hydrogen-bond acceptors (Lipinski definition) is 4. The smallest absolute Gasteiger partial charge is 0.185 e. The number of aromatic nitrogens is 1. The molecular weight excluding hydrogens is 324 g/mol. The predicted octanol–water partition coefficient (Wildman–Crippen LogP) is 3.47. The van der Waals surface area contributed by atoms with Gasteiger partial charge >= 0.3 is 0 Å². The zero-order valence-corrected chi connectivity index (χ0v) is 14.4. The van der Waals surface area contributed by atoms with E-state index in [1.807, 2.05) is 30.5 Å². The number of carbonyl (C=O) groups is 1. The lowest BCUT2D eigenvalue weighted by molar-refractivity contribution is -0.126. The Kier molecular flexibility index (Phi) is 4.86. The van der Waals surface area contributed by atoms with Crippen LogP contribution in [0.4, 0.5) is 0 Å². The van der Waals surface area contributed by atoms with Crippen molar-refractivity contribution in [1.82, 2.24) is 10.3 Å². The minimum atomic E-state index is -0.397. The van der Waals surface area contributed by atoms with Crippen LogP contribution in [0.2, 0.25) is 0 Å². The molecule has 0 aliphatic carbocycles. The fourth-order valence-corrected chi connectivity index (χ4v) is 3.18. The van der Waals surface area contributed by atoms with Crippen molar-refractivity contribution >= 4 is 22.6 Å². The van der Waals surface area contributed by atoms with Crippen LogP contribution >= 0.6 is 0 Å². The van der Waals surface area contributed by atoms with Gasteiger partial charge in [-0.05, 0) is 40.1 Å². The highest BCUT2D eigenvalue weighted by atomic mass is 16.5. The summed E-state index contributed by atoms with van der Waals surface area (Å²) in [6.07, 6.45) is 6.65. The summed E-state index contributed by atoms with van der Waals surface area (Å²) in [5.74, 6) is -0.0153. The monoisotopic (exact) mass is 344 g/mol. The highest BCUT2D eigenvalue weighted by molar-refractivity contribution is 5.98. The molecule has 1 aliphatic heterocycles. The minimum absolute atomic E-state index is 0.0153. The Balaban J connectivity index is 1.63. The van der Waals surface area contributed by atoms with Gasteiger partial charge in [-0.3, -0.25) is 9.78 Å². The van der Waals surface area contributed by atoms with Gasteiger partial charge in [-0.2, -0.15) is 0 Å². The molecule has 4 heteroatoms. The van der Waals surface area contributed by atoms with Gasteiger partial charge in [0, 0.05) is 31.0 Å². The lowest BCUT2D eigenvalue weighted by Gasteiger charge is -2.21. The van der Waals surface area contributed by atoms with Gasteiger partial charge < -0.3 is 10.1 Å². The van der Waals surface area contributed by atoms with Gasteiger partial charge in [-0.25, -0.2) is 0 Å². The second kappa shape index (κ2) is 7.60. The molecule has 0 saturated carbocycles. The standard InChI is InChI=1S/C22H20N2O2/c25-21(22-15-24-11-12-26-22)8-7-17-9-10-23-14-20(17)19-6-5-16-3-1-2-4-18(16)13-19/h1-10,13-14,22,24H,11-12,15H2/b8-7+. The van der Waals surface area contributed by atoms with Crippen molar-refractivity contribution in [2.24, 2.45) is 0 Å². The van der Waals surface area contributed by atoms with Gasteiger partial charge in [0.15, 0.2) is 5.78 Å². The molecule has 4 rings (SSSR count). The van der Waals surface area contributed by atoms with Crippen LogP contribution in [0.5, 0.6) is 0 Å². The molecule has 1 fully saturated rings. The van der Waals surface area contributed by atoms with Crippen molar-refractivity contribution in [2.45, 2.75) is 6.10 Å². The molecule has 4 nitrogen and oxygen atoms in total. The number of rotatable bonds is 4. The van der Waals surface area contributed by atoms with Crippen LogP contribution in [-0.4, -0.2) is 36.6 Å². The van der Waals surface area contributed by atoms with Gasteiger partial charge in [0.05, 0.1) is 6.61 Å². The molecule has 1 N–H and O–H groups in total. The van der Waals surface area contributed by atoms with Crippen molar-refractivity contribution in [2.75, 3.05) is 19.7 Å². The Morgan fingerprint density at radius 1 is 1.15 bits per heavy atom. The number of ketones is 1. The summed E-state index contributed by atoms with van der Waals surface area (Å²) in [6, 6.07) is 16.5. The van der Waals surface area contributed by atoms with E-state index >= 15 is 0 Å². The van der Waals surface area contributed by atoms with Crippen molar-refractivity contribution in [3.8, 4) is 11.1 Å². The molecule has 1 aromatic heterocycles. The lowest BCUT2D eigenvalue weighted by Crippen LogP contribution is -2.42. The Bertz CT molecular complexity index is 959. The third-order valence-electron chi connectivity index (χ3n) is 4.59. The number of benzene rings is 2. The molecule has 3 aromatic rings. The molecule has 1 aliphatic rings. The van der Waals surface area contributed by atoms with Gasteiger partial charge in [0.1, 0.15) is 6.10 Å². The maximum atomic E-state index is 12.3. The highest BCUT2D eigenvalue weighted by Crippen LogP contribution is 2.27. The largest absolute Gasteiger partial charge is 0.367 e. The fraction of sp³-hybridized carbons (Fsp3) is 0.182. The summed E-state index contributed by atoms with van der Waals surface area (Å²) >= 11 is 0. The molecule has 26 heavy (non-hydrogen) atoms. The van der Waals surface area contributed by atoms with Crippen LogP contribution in [-0.2, 0) is 9.53 Å². The van der Waals surface area contributed by atoms with E-state index in [9.17, 15) is 4.79 Å². The molecular formula is C22H20N2O2. The van der Waals surface area contributed by atoms with Crippen LogP contribution in [0.1, 0.15) is 5.56 Å². The van der Waals surface area contributed by atoms with E-state index in [-0.39, 0.29) is 5.78 Å². The molecule has 0 bridgehead atoms. The minimum Gasteiger partial charge on any atom is -0.367 e. The molecule has 1 atom stereocenters. The summed E-state index contributed by atoms with van der Waals surface area (Å²) in [4.78, 5) is 16.6. The van der Waals surface area contributed by atoms with E-state index in [0.717, 1.165) is 23.2 Å². The fourth-order valence-electron chi connectivity index (χ4n) is 3.18. The molecule has 1 saturated heterocycles. The second-order valence-corrected chi connectivity index (χ2v) is 6.32. The third kappa shape index (κ3) is 3.57. The van der Waals surface area contributed by atoms with Gasteiger partial charge in [0.2, 0.25) is 0 Å². The van der Waals surface area contributed by atoms with E-state index in [1.165, 1.54) is 10.8 Å². The number of nitrogens with zero attached hydrogens (tertiary/aromatic N) is 1. The second-order valence-electron chi connectivity index (χ2n) is 6.32. The van der Waals surface area contributed by atoms with Crippen LogP contribution in [0.15, 0.2) is 67.0 Å². The molecule has 0 radical (unpaired) electrons. The van der Waals surface area contributed by atoms with E-state index in [1.54, 1.807) is 12.3 Å². The van der Waals surface area contributed by atoms with Gasteiger partial charge in [-0.1, -0.05) is 42.5 Å². The number of pyridine rings is 1. The zero-order valence-electron chi connectivity index (χ0n) is 14.4. The number of nitrogens with one attached hydrogen (secondary N) is 1. The Hall–Kier alpha value is -2.82. The van der Waals surface area contributed by atoms with Crippen LogP contribution in [0.25, 0.3) is 28.0 Å². The van der Waals surface area contributed by atoms with E-state index in [2.05, 4.69) is 40.6 Å². The summed E-state index contributed by atoms with van der Waals surface area (Å²) in [7, 11) is 0. The summed E-state index contributed by atoms with van der Waals surface area (Å²) in [5, 5.41) is 5.56. The normalized spacial score (nSPS) is 17.6. The van der Waals surface area contributed by atoms with Crippen LogP contribution in [0, 0.1) is 0 Å². The molecule has 0 amide bonds. The van der Waals surface area contributed by atoms with Crippen molar-refractivity contribution in [3.05, 3.63) is 72.6 Å². The third-order valence-corrected chi connectivity index (χ3v) is 4.59. The molecule has 130 valence electrons. The van der Waals surface area contributed by atoms with Crippen molar-refractivity contribution in [3.63, 3.8) is 0 Å². The van der Waals surface area contributed by atoms with Crippen molar-refractivity contribution in [1.29, 1.82) is 0 Å². The van der Waals surface area contributed by atoms with E-state index in [0.29, 0.717) is 13.2 Å². The number of carbonyl (C=O) groups excluding carboxylic acids is 1. The van der Waals surface area contributed by atoms with E-state index < -0.39 is 6.10 Å². The summed E-state index contributed by atoms with van der Waals surface area (Å²) in [5.41, 5.74) is 3.05. The first kappa shape index (κ1) is 16.6. The van der Waals surface area contributed by atoms with Crippen LogP contribution in [0.3, 0.4) is 0 Å². The SMILES string of the molecule is O=C(/C=C/c1ccncc1-c1ccc2ccccc2c1)C1CNCCO1. The zero-order chi connectivity index (χ0) is 17.8. The summed E-state index contributed by atoms with van der Waals surface area (Å²) < 4.78 is 5.52. The Morgan fingerprint density at radius 2 is 2.04 bits per heavy atom. The number of ether oxygens (including phenoxy) is 1. The van der Waals surface area contributed by atoms with Crippen LogP contribution < -0.4 is 5.32 Å². The maximum Gasteiger partial charge on any atom is 0.185 e. The van der Waals surface area contributed by atoms with E-state index in [4.69, 9.17) is 4.74 Å². The Labute approximate surface area is 152 Å². The first-order chi connectivity index (χ1) is 12.8. The first-order valence-corrected chi connectivity index (χ1v) is 8.79. The maximum absolute atomic E-state index is 12.3. The number of hydrogen-bond donors (Lipinski definition) is 1. The molecule has 2 heterocycles. The van der Waals surface area contributed by atoms with Gasteiger partial charge in [0.25, 0.3) is 0 Å². The first-order valence-electron chi connectivity index (χ1n) is 8.79. The molecule has 1 unspecified atom stereocenters. The summed E-state index contributed by atoms with van der Waals surface area (Å²) in [6.45, 7) is 1.93. The molecule has 0 spiro atoms. The lowest BCUT2D eigenvalue weighted by atomic mass is 9.98. The average molecular weight is 344 g/mol. The quantitative estimate of drug-likeness (QED) is 0.736. The number of fused-ring (bicyclic) bond motifs is 1. The highest BCUT2D eigenvalue weighted by Gasteiger charge is 2.19. The predicted molar refractivity (Wildman–Crippen MR) is 104 cm³/mol. The number of morpholine rings is 1. The van der Waals surface area contributed by atoms with Gasteiger partial charge in [-0.15, -0.1) is 0 Å². The van der Waals surface area contributed by atoms with Crippen molar-refractivity contribution < 1.29 is 9.53 Å². The average Bonchev–Trinajstić information content (AvgIpc) is 2.72.